The molecule has 2 atom stereocenters. The molecule has 1 aromatic carbocycles. The Morgan fingerprint density at radius 3 is 2.49 bits per heavy atom. The van der Waals surface area contributed by atoms with Crippen LogP contribution in [0.5, 0.6) is 0 Å². The largest absolute Gasteiger partial charge is 0.598 e. The first-order valence-electron chi connectivity index (χ1n) is 14.8. The lowest BCUT2D eigenvalue weighted by molar-refractivity contribution is 0.0365. The molecule has 3 heterocycles. The minimum atomic E-state index is -1.89. The minimum absolute atomic E-state index is 0.145. The number of benzene rings is 1. The van der Waals surface area contributed by atoms with Crippen LogP contribution in [0.3, 0.4) is 0 Å². The lowest BCUT2D eigenvalue weighted by Gasteiger charge is -2.46. The first kappa shape index (κ1) is 31.7. The Labute approximate surface area is 258 Å². The number of pyridine rings is 1. The molecule has 0 saturated heterocycles. The number of halogens is 1. The van der Waals surface area contributed by atoms with Crippen molar-refractivity contribution in [3.63, 3.8) is 0 Å². The summed E-state index contributed by atoms with van der Waals surface area (Å²) >= 11 is -1.29. The predicted octanol–water partition coefficient (Wildman–Crippen LogP) is 7.24. The number of fused-ring (bicyclic) bond motifs is 1. The number of hydrogen-bond acceptors (Lipinski definition) is 7. The van der Waals surface area contributed by atoms with E-state index in [-0.39, 0.29) is 23.1 Å². The molecule has 0 radical (unpaired) electrons. The topological polar surface area (TPSA) is 101 Å². The van der Waals surface area contributed by atoms with Crippen molar-refractivity contribution in [3.05, 3.63) is 66.4 Å². The van der Waals surface area contributed by atoms with Crippen molar-refractivity contribution in [2.24, 2.45) is 5.92 Å². The Morgan fingerprint density at radius 1 is 1.07 bits per heavy atom. The van der Waals surface area contributed by atoms with E-state index < -0.39 is 31.1 Å². The highest BCUT2D eigenvalue weighted by Gasteiger charge is 2.46. The Bertz CT molecular complexity index is 1580. The molecule has 1 fully saturated rings. The van der Waals surface area contributed by atoms with E-state index in [2.05, 4.69) is 53.7 Å². The van der Waals surface area contributed by atoms with Gasteiger partial charge in [0.05, 0.1) is 47.2 Å². The molecule has 230 valence electrons. The lowest BCUT2D eigenvalue weighted by Crippen LogP contribution is -2.51. The van der Waals surface area contributed by atoms with Crippen LogP contribution in [0.1, 0.15) is 71.8 Å². The van der Waals surface area contributed by atoms with Crippen LogP contribution in [0.4, 0.5) is 4.39 Å². The molecule has 8 nitrogen and oxygen atoms in total. The van der Waals surface area contributed by atoms with Crippen LogP contribution in [-0.4, -0.2) is 48.5 Å². The van der Waals surface area contributed by atoms with Crippen molar-refractivity contribution in [3.8, 4) is 17.1 Å². The van der Waals surface area contributed by atoms with Gasteiger partial charge in [0, 0.05) is 28.4 Å². The van der Waals surface area contributed by atoms with Crippen LogP contribution in [-0.2, 0) is 22.5 Å². The van der Waals surface area contributed by atoms with Crippen LogP contribution in [0, 0.1) is 5.92 Å². The van der Waals surface area contributed by atoms with E-state index in [1.54, 1.807) is 35.4 Å². The van der Waals surface area contributed by atoms with Gasteiger partial charge in [-0.15, -0.1) is 4.72 Å². The first-order chi connectivity index (χ1) is 20.2. The van der Waals surface area contributed by atoms with Crippen LogP contribution in [0.25, 0.3) is 28.0 Å². The van der Waals surface area contributed by atoms with Crippen LogP contribution < -0.4 is 4.72 Å². The summed E-state index contributed by atoms with van der Waals surface area (Å²) in [7, 11) is -1.89. The third-order valence-corrected chi connectivity index (χ3v) is 14.8. The van der Waals surface area contributed by atoms with E-state index in [9.17, 15) is 8.94 Å². The first-order valence-corrected chi connectivity index (χ1v) is 18.9. The van der Waals surface area contributed by atoms with Gasteiger partial charge in [0.1, 0.15) is 11.4 Å². The van der Waals surface area contributed by atoms with Gasteiger partial charge in [0.25, 0.3) is 0 Å². The van der Waals surface area contributed by atoms with Gasteiger partial charge in [-0.2, -0.15) is 5.10 Å². The van der Waals surface area contributed by atoms with Gasteiger partial charge in [-0.3, -0.25) is 4.98 Å². The maximum absolute atomic E-state index is 13.3. The summed E-state index contributed by atoms with van der Waals surface area (Å²) in [5.41, 5.74) is 3.53. The van der Waals surface area contributed by atoms with E-state index >= 15 is 0 Å². The third-order valence-electron chi connectivity index (χ3n) is 8.64. The van der Waals surface area contributed by atoms with E-state index in [1.807, 2.05) is 45.0 Å². The van der Waals surface area contributed by atoms with Gasteiger partial charge >= 0.3 is 0 Å². The summed E-state index contributed by atoms with van der Waals surface area (Å²) in [4.78, 5) is 14.0. The lowest BCUT2D eigenvalue weighted by atomic mass is 9.76. The highest BCUT2D eigenvalue weighted by molar-refractivity contribution is 7.90. The zero-order chi connectivity index (χ0) is 31.2. The SMILES string of the molecule is CC(C)(C)[S+]([O-])N[C@H](c1cncc(-c2ccc3cnn(-c4cccc(CF)n4)c3c2)n1)C1CC(O[Si](C)(C)C(C)(C)C)C1. The second-order valence-electron chi connectivity index (χ2n) is 14.0. The van der Waals surface area contributed by atoms with Crippen LogP contribution in [0.2, 0.25) is 18.1 Å². The molecule has 43 heavy (non-hydrogen) atoms. The van der Waals surface area contributed by atoms with E-state index in [0.29, 0.717) is 17.2 Å². The second-order valence-corrected chi connectivity index (χ2v) is 20.7. The zero-order valence-electron chi connectivity index (χ0n) is 26.4. The van der Waals surface area contributed by atoms with Gasteiger partial charge in [-0.05, 0) is 75.9 Å². The quantitative estimate of drug-likeness (QED) is 0.155. The fraction of sp³-hybridized carbons (Fsp3) is 0.500. The van der Waals surface area contributed by atoms with Crippen molar-refractivity contribution in [2.45, 2.75) is 96.1 Å². The molecule has 1 aliphatic rings. The molecule has 0 aliphatic heterocycles. The van der Waals surface area contributed by atoms with Crippen molar-refractivity contribution in [1.82, 2.24) is 29.5 Å². The molecule has 1 unspecified atom stereocenters. The highest BCUT2D eigenvalue weighted by Crippen LogP contribution is 2.45. The monoisotopic (exact) mass is 622 g/mol. The predicted molar refractivity (Wildman–Crippen MR) is 173 cm³/mol. The van der Waals surface area contributed by atoms with Crippen molar-refractivity contribution in [1.29, 1.82) is 0 Å². The molecule has 5 rings (SSSR count). The third kappa shape index (κ3) is 6.86. The molecule has 4 aromatic rings. The Balaban J connectivity index is 1.44. The fourth-order valence-corrected chi connectivity index (χ4v) is 7.22. The van der Waals surface area contributed by atoms with Crippen molar-refractivity contribution < 1.29 is 13.4 Å². The summed E-state index contributed by atoms with van der Waals surface area (Å²) < 4.78 is 38.0. The normalized spacial score (nSPS) is 19.3. The zero-order valence-corrected chi connectivity index (χ0v) is 28.2. The standard InChI is InChI=1S/C32H43FN6O2SSi/c1-31(2,3)42(40)38-30(23-14-25(15-23)41-43(7,8)32(4,5)6)27-20-34-19-26(37-27)21-12-13-22-18-35-39(28(22)16-21)29-11-9-10-24(17-33)36-29/h9-13,16,18-20,23,25,30,38H,14-15,17H2,1-8H3/t23?,25?,30-,42?/m0/s1. The summed E-state index contributed by atoms with van der Waals surface area (Å²) in [6.45, 7) is 16.6. The molecule has 0 amide bonds. The van der Waals surface area contributed by atoms with E-state index in [4.69, 9.17) is 9.41 Å². The van der Waals surface area contributed by atoms with Crippen molar-refractivity contribution in [2.75, 3.05) is 0 Å². The van der Waals surface area contributed by atoms with Crippen molar-refractivity contribution >= 4 is 30.6 Å². The summed E-state index contributed by atoms with van der Waals surface area (Å²) in [5, 5.41) is 5.59. The number of aromatic nitrogens is 5. The number of alkyl halides is 1. The molecule has 1 saturated carbocycles. The maximum atomic E-state index is 13.3. The van der Waals surface area contributed by atoms with E-state index in [1.165, 1.54) is 0 Å². The number of nitrogens with one attached hydrogen (secondary N) is 1. The molecule has 0 spiro atoms. The minimum Gasteiger partial charge on any atom is -0.598 e. The average Bonchev–Trinajstić information content (AvgIpc) is 3.36. The highest BCUT2D eigenvalue weighted by atomic mass is 32.2. The molecule has 1 aliphatic carbocycles. The number of rotatable bonds is 9. The van der Waals surface area contributed by atoms with Gasteiger partial charge in [-0.25, -0.2) is 19.0 Å². The van der Waals surface area contributed by atoms with Gasteiger partial charge < -0.3 is 8.98 Å². The fourth-order valence-electron chi connectivity index (χ4n) is 4.95. The molecule has 1 N–H and O–H groups in total. The molecule has 0 bridgehead atoms. The molecular weight excluding hydrogens is 580 g/mol. The summed E-state index contributed by atoms with van der Waals surface area (Å²) in [5.74, 6) is 0.777. The Hall–Kier alpha value is -2.70. The number of nitrogens with zero attached hydrogens (tertiary/aromatic N) is 5. The van der Waals surface area contributed by atoms with Gasteiger partial charge in [0.2, 0.25) is 0 Å². The van der Waals surface area contributed by atoms with Crippen LogP contribution in [0.15, 0.2) is 55.0 Å². The smallest absolute Gasteiger partial charge is 0.192 e. The Kier molecular flexibility index (Phi) is 8.85. The summed E-state index contributed by atoms with van der Waals surface area (Å²) in [6, 6.07) is 11.0. The molecule has 11 heteroatoms. The maximum Gasteiger partial charge on any atom is 0.192 e. The average molecular weight is 623 g/mol. The molecule has 3 aromatic heterocycles. The van der Waals surface area contributed by atoms with Crippen LogP contribution >= 0.6 is 0 Å². The Morgan fingerprint density at radius 2 is 1.81 bits per heavy atom. The molecular formula is C32H43FN6O2SSi. The van der Waals surface area contributed by atoms with Gasteiger partial charge in [-0.1, -0.05) is 39.0 Å². The summed E-state index contributed by atoms with van der Waals surface area (Å²) in [6.07, 6.45) is 7.25. The van der Waals surface area contributed by atoms with Gasteiger partial charge in [0.15, 0.2) is 14.1 Å². The second kappa shape index (κ2) is 12.0. The number of hydrogen-bond donors (Lipinski definition) is 1. The van der Waals surface area contributed by atoms with E-state index in [0.717, 1.165) is 35.0 Å².